The number of ether oxygens (including phenoxy) is 1. The molecule has 0 aromatic heterocycles. The average molecular weight is 460 g/mol. The zero-order valence-corrected chi connectivity index (χ0v) is 19.6. The summed E-state index contributed by atoms with van der Waals surface area (Å²) in [5, 5.41) is 0. The van der Waals surface area contributed by atoms with Crippen molar-refractivity contribution in [1.82, 2.24) is 0 Å². The largest absolute Gasteiger partial charge is 1.00 e. The van der Waals surface area contributed by atoms with Gasteiger partial charge < -0.3 is 19.1 Å². The van der Waals surface area contributed by atoms with Crippen LogP contribution in [-0.4, -0.2) is 27.7 Å². The van der Waals surface area contributed by atoms with Crippen LogP contribution in [0.5, 0.6) is 11.5 Å². The second-order valence-corrected chi connectivity index (χ2v) is 9.49. The van der Waals surface area contributed by atoms with Crippen molar-refractivity contribution < 1.29 is 92.2 Å². The fraction of sp³-hybridized carbons (Fsp3) is 0.250. The van der Waals surface area contributed by atoms with Crippen molar-refractivity contribution >= 4 is 17.7 Å². The molecule has 0 spiro atoms. The molecule has 2 rings (SSSR count). The molecule has 0 aliphatic heterocycles. The summed E-state index contributed by atoms with van der Waals surface area (Å²) < 4.78 is 75.9. The second kappa shape index (κ2) is 10.7. The van der Waals surface area contributed by atoms with Gasteiger partial charge in [0.1, 0.15) is 33.3 Å². The number of aryl methyl sites for hydroxylation is 1. The molecule has 148 valence electrons. The Labute approximate surface area is 203 Å². The van der Waals surface area contributed by atoms with Crippen LogP contribution in [0.4, 0.5) is 8.78 Å². The molecule has 0 aliphatic rings. The van der Waals surface area contributed by atoms with E-state index < -0.39 is 40.8 Å². The molecule has 2 N–H and O–H groups in total. The molecule has 12 heteroatoms. The minimum atomic E-state index is -5.14. The Morgan fingerprint density at radius 3 is 2.21 bits per heavy atom. The summed E-state index contributed by atoms with van der Waals surface area (Å²) in [5.41, 5.74) is 0.622. The van der Waals surface area contributed by atoms with Crippen molar-refractivity contribution in [2.24, 2.45) is 0 Å². The van der Waals surface area contributed by atoms with Gasteiger partial charge in [0, 0.05) is 18.2 Å². The summed E-state index contributed by atoms with van der Waals surface area (Å²) >= 11 is 0. The van der Waals surface area contributed by atoms with Gasteiger partial charge in [-0.2, -0.15) is 0 Å². The van der Waals surface area contributed by atoms with E-state index in [1.807, 2.05) is 0 Å². The third-order valence-electron chi connectivity index (χ3n) is 3.60. The van der Waals surface area contributed by atoms with Gasteiger partial charge in [0.05, 0.1) is 0 Å². The molecular weight excluding hydrogens is 444 g/mol. The predicted octanol–water partition coefficient (Wildman–Crippen LogP) is 0.133. The van der Waals surface area contributed by atoms with Crippen molar-refractivity contribution in [3.63, 3.8) is 0 Å². The Balaban J connectivity index is 0.00000392. The van der Waals surface area contributed by atoms with Gasteiger partial charge in [0.25, 0.3) is 0 Å². The Morgan fingerprint density at radius 1 is 1.07 bits per heavy atom. The Bertz CT molecular complexity index is 945. The molecule has 1 atom stereocenters. The third-order valence-corrected chi connectivity index (χ3v) is 7.10. The molecule has 0 heterocycles. The third kappa shape index (κ3) is 8.27. The van der Waals surface area contributed by atoms with Crippen molar-refractivity contribution in [2.75, 3.05) is 0 Å². The minimum absolute atomic E-state index is 0. The van der Waals surface area contributed by atoms with Gasteiger partial charge in [0.15, 0.2) is 4.99 Å². The fourth-order valence-electron chi connectivity index (χ4n) is 2.45. The molecule has 0 aliphatic carbocycles. The van der Waals surface area contributed by atoms with Crippen molar-refractivity contribution in [3.8, 4) is 11.5 Å². The van der Waals surface area contributed by atoms with E-state index >= 15 is 0 Å². The maximum atomic E-state index is 13.2. The van der Waals surface area contributed by atoms with Crippen LogP contribution in [0.1, 0.15) is 18.4 Å². The summed E-state index contributed by atoms with van der Waals surface area (Å²) in [5.74, 6) is -1.39. The molecule has 1 unspecified atom stereocenters. The van der Waals surface area contributed by atoms with E-state index in [1.165, 1.54) is 12.1 Å². The van der Waals surface area contributed by atoms with Gasteiger partial charge in [-0.05, 0) is 37.0 Å². The molecule has 28 heavy (non-hydrogen) atoms. The van der Waals surface area contributed by atoms with Crippen LogP contribution in [0, 0.1) is 11.6 Å². The predicted molar refractivity (Wildman–Crippen MR) is 91.3 cm³/mol. The van der Waals surface area contributed by atoms with Crippen LogP contribution >= 0.6 is 7.60 Å². The number of rotatable bonds is 8. The minimum Gasteiger partial charge on any atom is -0.747 e. The Hall–Kier alpha value is -0.204. The smallest absolute Gasteiger partial charge is 0.747 e. The summed E-state index contributed by atoms with van der Waals surface area (Å²) in [7, 11) is -10.2. The Morgan fingerprint density at radius 2 is 1.68 bits per heavy atom. The first kappa shape index (κ1) is 25.8. The number of hydrogen-bond acceptors (Lipinski definition) is 5. The molecule has 7 nitrogen and oxygen atoms in total. The van der Waals surface area contributed by atoms with E-state index in [9.17, 15) is 26.3 Å². The number of hydrogen-bond donors (Lipinski definition) is 2. The molecule has 0 amide bonds. The van der Waals surface area contributed by atoms with Crippen LogP contribution in [0.25, 0.3) is 0 Å². The molecule has 0 saturated heterocycles. The maximum absolute atomic E-state index is 13.2. The molecule has 2 aromatic carbocycles. The average Bonchev–Trinajstić information content (AvgIpc) is 2.48. The quantitative estimate of drug-likeness (QED) is 0.326. The van der Waals surface area contributed by atoms with Gasteiger partial charge in [-0.15, -0.1) is 0 Å². The van der Waals surface area contributed by atoms with Gasteiger partial charge in [0.2, 0.25) is 0 Å². The first-order valence-corrected chi connectivity index (χ1v) is 10.8. The van der Waals surface area contributed by atoms with Crippen molar-refractivity contribution in [3.05, 3.63) is 59.7 Å². The zero-order chi connectivity index (χ0) is 20.2. The SMILES string of the molecule is O=P(O)(O)C(CCCc1cccc(Oc2cc(F)cc(F)c2)c1)S(=O)(=O)[O-].[K+]. The Kier molecular flexibility index (Phi) is 9.88. The van der Waals surface area contributed by atoms with E-state index in [2.05, 4.69) is 0 Å². The normalized spacial score (nSPS) is 12.9. The number of benzene rings is 2. The van der Waals surface area contributed by atoms with Crippen molar-refractivity contribution in [2.45, 2.75) is 24.3 Å². The number of halogens is 2. The first-order chi connectivity index (χ1) is 12.4. The maximum Gasteiger partial charge on any atom is 1.00 e. The molecular formula is C16H16F2KO7PS. The summed E-state index contributed by atoms with van der Waals surface area (Å²) in [6, 6.07) is 9.00. The zero-order valence-electron chi connectivity index (χ0n) is 14.8. The molecule has 2 aromatic rings. The summed E-state index contributed by atoms with van der Waals surface area (Å²) in [6.07, 6.45) is -0.271. The van der Waals surface area contributed by atoms with Crippen LogP contribution in [0.2, 0.25) is 0 Å². The van der Waals surface area contributed by atoms with Crippen molar-refractivity contribution in [1.29, 1.82) is 0 Å². The van der Waals surface area contributed by atoms with Crippen LogP contribution < -0.4 is 56.1 Å². The van der Waals surface area contributed by atoms with Gasteiger partial charge in [-0.1, -0.05) is 12.1 Å². The van der Waals surface area contributed by atoms with Crippen LogP contribution in [-0.2, 0) is 21.1 Å². The molecule has 0 saturated carbocycles. The van der Waals surface area contributed by atoms with E-state index in [0.717, 1.165) is 12.1 Å². The standard InChI is InChI=1S/C16H17F2O7PS.K/c17-12-8-13(18)10-15(9-12)25-14-5-1-3-11(7-14)4-2-6-16(26(19,20)21)27(22,23)24;/h1,3,5,7-10,16H,2,4,6H2,(H2,19,20,21)(H,22,23,24);/q;+1/p-1. The van der Waals surface area contributed by atoms with E-state index in [0.29, 0.717) is 11.6 Å². The summed E-state index contributed by atoms with van der Waals surface area (Å²) in [4.78, 5) is 15.7. The van der Waals surface area contributed by atoms with Gasteiger partial charge >= 0.3 is 59.0 Å². The second-order valence-electron chi connectivity index (χ2n) is 5.78. The monoisotopic (exact) mass is 460 g/mol. The van der Waals surface area contributed by atoms with E-state index in [-0.39, 0.29) is 75.7 Å². The van der Waals surface area contributed by atoms with E-state index in [1.54, 1.807) is 12.1 Å². The van der Waals surface area contributed by atoms with E-state index in [4.69, 9.17) is 14.5 Å². The van der Waals surface area contributed by atoms with Gasteiger partial charge in [-0.25, -0.2) is 17.2 Å². The first-order valence-electron chi connectivity index (χ1n) is 7.68. The molecule has 0 radical (unpaired) electrons. The van der Waals surface area contributed by atoms with Crippen LogP contribution in [0.3, 0.4) is 0 Å². The molecule has 0 fully saturated rings. The van der Waals surface area contributed by atoms with Crippen LogP contribution in [0.15, 0.2) is 42.5 Å². The summed E-state index contributed by atoms with van der Waals surface area (Å²) in [6.45, 7) is 0. The van der Waals surface area contributed by atoms with Gasteiger partial charge in [-0.3, -0.25) is 4.57 Å². The topological polar surface area (TPSA) is 124 Å². The fourth-order valence-corrected chi connectivity index (χ4v) is 4.77. The molecule has 0 bridgehead atoms.